The van der Waals surface area contributed by atoms with E-state index in [1.54, 1.807) is 12.1 Å². The second-order valence-electron chi connectivity index (χ2n) is 9.02. The molecule has 3 nitrogen and oxygen atoms in total. The van der Waals surface area contributed by atoms with Gasteiger partial charge in [-0.05, 0) is 65.9 Å². The first-order chi connectivity index (χ1) is 16.9. The van der Waals surface area contributed by atoms with E-state index in [2.05, 4.69) is 13.8 Å². The fourth-order valence-corrected chi connectivity index (χ4v) is 5.17. The molecule has 4 atom stereocenters. The highest BCUT2D eigenvalue weighted by atomic mass is 35.5. The smallest absolute Gasteiger partial charge is 0.252 e. The molecule has 0 radical (unpaired) electrons. The minimum Gasteiger partial charge on any atom is -0.358 e. The zero-order valence-electron chi connectivity index (χ0n) is 20.0. The minimum absolute atomic E-state index is 0.0419. The topological polar surface area (TPSA) is 29.5 Å². The van der Waals surface area contributed by atoms with Crippen LogP contribution in [-0.2, 0) is 16.0 Å². The SMILES string of the molecule is CCC[C@H](CC)N1C(=O)[C@H](Cc2ccc(F)cc2)O[C@@H](c2ccc(Cl)cc2)[C@H]1c1ccc(Cl)cc1. The predicted molar refractivity (Wildman–Crippen MR) is 139 cm³/mol. The van der Waals surface area contributed by atoms with E-state index < -0.39 is 12.2 Å². The minimum atomic E-state index is -0.685. The molecule has 3 aromatic rings. The van der Waals surface area contributed by atoms with Crippen LogP contribution in [0.4, 0.5) is 4.39 Å². The predicted octanol–water partition coefficient (Wildman–Crippen LogP) is 7.96. The summed E-state index contributed by atoms with van der Waals surface area (Å²) in [7, 11) is 0. The number of rotatable bonds is 8. The van der Waals surface area contributed by atoms with Gasteiger partial charge in [-0.25, -0.2) is 4.39 Å². The lowest BCUT2D eigenvalue weighted by Gasteiger charge is -2.48. The van der Waals surface area contributed by atoms with E-state index in [4.69, 9.17) is 27.9 Å². The third-order valence-electron chi connectivity index (χ3n) is 6.66. The van der Waals surface area contributed by atoms with Gasteiger partial charge in [0.15, 0.2) is 0 Å². The molecular formula is C29H30Cl2FNO2. The third-order valence-corrected chi connectivity index (χ3v) is 7.16. The van der Waals surface area contributed by atoms with E-state index in [1.165, 1.54) is 12.1 Å². The highest BCUT2D eigenvalue weighted by Crippen LogP contribution is 2.45. The van der Waals surface area contributed by atoms with Crippen molar-refractivity contribution in [1.82, 2.24) is 4.90 Å². The van der Waals surface area contributed by atoms with Gasteiger partial charge in [0.1, 0.15) is 18.0 Å². The maximum atomic E-state index is 14.0. The van der Waals surface area contributed by atoms with E-state index >= 15 is 0 Å². The number of benzene rings is 3. The summed E-state index contributed by atoms with van der Waals surface area (Å²) in [5.74, 6) is -0.345. The van der Waals surface area contributed by atoms with Gasteiger partial charge in [0.05, 0.1) is 6.04 Å². The summed E-state index contributed by atoms with van der Waals surface area (Å²) in [5, 5.41) is 1.28. The summed E-state index contributed by atoms with van der Waals surface area (Å²) in [5.41, 5.74) is 2.77. The Kier molecular flexibility index (Phi) is 8.48. The Bertz CT molecular complexity index is 1120. The number of ether oxygens (including phenoxy) is 1. The molecular weight excluding hydrogens is 484 g/mol. The standard InChI is InChI=1S/C29H30Cl2FNO2/c1-3-5-25(4-2)33-27(20-8-12-22(30)13-9-20)28(21-10-14-23(31)15-11-21)35-26(29(33)34)18-19-6-16-24(32)17-7-19/h6-17,25-28H,3-5,18H2,1-2H3/t25-,26-,27+,28-/m0/s1. The van der Waals surface area contributed by atoms with Crippen LogP contribution >= 0.6 is 23.2 Å². The molecule has 6 heteroatoms. The van der Waals surface area contributed by atoms with E-state index in [9.17, 15) is 9.18 Å². The molecule has 0 spiro atoms. The molecule has 1 aliphatic rings. The van der Waals surface area contributed by atoms with Gasteiger partial charge in [-0.2, -0.15) is 0 Å². The van der Waals surface area contributed by atoms with Crippen molar-refractivity contribution < 1.29 is 13.9 Å². The van der Waals surface area contributed by atoms with Gasteiger partial charge >= 0.3 is 0 Å². The van der Waals surface area contributed by atoms with E-state index in [0.29, 0.717) is 16.5 Å². The van der Waals surface area contributed by atoms with E-state index in [1.807, 2.05) is 53.4 Å². The molecule has 0 unspecified atom stereocenters. The Morgan fingerprint density at radius 3 is 2.00 bits per heavy atom. The van der Waals surface area contributed by atoms with Crippen LogP contribution in [0.15, 0.2) is 72.8 Å². The highest BCUT2D eigenvalue weighted by Gasteiger charge is 2.46. The highest BCUT2D eigenvalue weighted by molar-refractivity contribution is 6.30. The average Bonchev–Trinajstić information content (AvgIpc) is 2.86. The van der Waals surface area contributed by atoms with Crippen molar-refractivity contribution in [3.8, 4) is 0 Å². The third kappa shape index (κ3) is 5.88. The molecule has 0 saturated carbocycles. The molecule has 0 aliphatic carbocycles. The van der Waals surface area contributed by atoms with Gasteiger partial charge in [-0.1, -0.05) is 79.9 Å². The zero-order valence-corrected chi connectivity index (χ0v) is 21.5. The van der Waals surface area contributed by atoms with Gasteiger partial charge in [0.2, 0.25) is 0 Å². The fourth-order valence-electron chi connectivity index (χ4n) is 4.92. The van der Waals surface area contributed by atoms with Crippen molar-refractivity contribution in [3.05, 3.63) is 105 Å². The lowest BCUT2D eigenvalue weighted by molar-refractivity contribution is -0.179. The normalized spacial score (nSPS) is 21.2. The van der Waals surface area contributed by atoms with Gasteiger partial charge in [-0.3, -0.25) is 4.79 Å². The van der Waals surface area contributed by atoms with Crippen LogP contribution in [0.1, 0.15) is 61.9 Å². The van der Waals surface area contributed by atoms with Gasteiger partial charge in [-0.15, -0.1) is 0 Å². The molecule has 1 fully saturated rings. The quantitative estimate of drug-likeness (QED) is 0.305. The van der Waals surface area contributed by atoms with Crippen molar-refractivity contribution in [3.63, 3.8) is 0 Å². The van der Waals surface area contributed by atoms with Crippen LogP contribution in [0, 0.1) is 5.82 Å². The maximum absolute atomic E-state index is 14.0. The van der Waals surface area contributed by atoms with Crippen LogP contribution in [-0.4, -0.2) is 23.0 Å². The molecule has 0 N–H and O–H groups in total. The number of nitrogens with zero attached hydrogens (tertiary/aromatic N) is 1. The van der Waals surface area contributed by atoms with E-state index in [-0.39, 0.29) is 23.8 Å². The molecule has 1 aliphatic heterocycles. The molecule has 1 amide bonds. The van der Waals surface area contributed by atoms with Crippen LogP contribution in [0.25, 0.3) is 0 Å². The van der Waals surface area contributed by atoms with Gasteiger partial charge < -0.3 is 9.64 Å². The molecule has 4 rings (SSSR count). The van der Waals surface area contributed by atoms with Gasteiger partial charge in [0, 0.05) is 22.5 Å². The second-order valence-corrected chi connectivity index (χ2v) is 9.89. The Balaban J connectivity index is 1.81. The Labute approximate surface area is 216 Å². The molecule has 0 aromatic heterocycles. The summed E-state index contributed by atoms with van der Waals surface area (Å²) < 4.78 is 20.1. The van der Waals surface area contributed by atoms with Crippen LogP contribution in [0.5, 0.6) is 0 Å². The first-order valence-electron chi connectivity index (χ1n) is 12.1. The number of hydrogen-bond donors (Lipinski definition) is 0. The number of carbonyl (C=O) groups is 1. The number of morpholine rings is 1. The largest absolute Gasteiger partial charge is 0.358 e. The summed E-state index contributed by atoms with van der Waals surface area (Å²) in [6, 6.07) is 21.2. The van der Waals surface area contributed by atoms with Crippen LogP contribution < -0.4 is 0 Å². The molecule has 1 heterocycles. The van der Waals surface area contributed by atoms with Crippen molar-refractivity contribution in [2.24, 2.45) is 0 Å². The molecule has 35 heavy (non-hydrogen) atoms. The van der Waals surface area contributed by atoms with Crippen molar-refractivity contribution in [2.75, 3.05) is 0 Å². The van der Waals surface area contributed by atoms with Gasteiger partial charge in [0.25, 0.3) is 5.91 Å². The molecule has 0 bridgehead atoms. The lowest BCUT2D eigenvalue weighted by atomic mass is 9.88. The number of hydrogen-bond acceptors (Lipinski definition) is 2. The van der Waals surface area contributed by atoms with Crippen molar-refractivity contribution in [2.45, 2.75) is 63.8 Å². The second kappa shape index (κ2) is 11.6. The molecule has 1 saturated heterocycles. The Morgan fingerprint density at radius 1 is 0.886 bits per heavy atom. The molecule has 184 valence electrons. The summed E-state index contributed by atoms with van der Waals surface area (Å²) in [4.78, 5) is 16.1. The van der Waals surface area contributed by atoms with Crippen LogP contribution in [0.3, 0.4) is 0 Å². The van der Waals surface area contributed by atoms with Crippen molar-refractivity contribution in [1.29, 1.82) is 0 Å². The number of halogens is 3. The zero-order chi connectivity index (χ0) is 24.9. The fraction of sp³-hybridized carbons (Fsp3) is 0.345. The molecule has 3 aromatic carbocycles. The monoisotopic (exact) mass is 513 g/mol. The Hall–Kier alpha value is -2.40. The average molecular weight is 514 g/mol. The first-order valence-corrected chi connectivity index (χ1v) is 12.9. The summed E-state index contributed by atoms with van der Waals surface area (Å²) >= 11 is 12.4. The number of carbonyl (C=O) groups excluding carboxylic acids is 1. The number of amides is 1. The summed E-state index contributed by atoms with van der Waals surface area (Å²) in [6.45, 7) is 4.26. The maximum Gasteiger partial charge on any atom is 0.252 e. The van der Waals surface area contributed by atoms with Crippen molar-refractivity contribution >= 4 is 29.1 Å². The lowest BCUT2D eigenvalue weighted by Crippen LogP contribution is -2.55. The Morgan fingerprint density at radius 2 is 1.46 bits per heavy atom. The first kappa shape index (κ1) is 25.7. The van der Waals surface area contributed by atoms with E-state index in [0.717, 1.165) is 36.0 Å². The summed E-state index contributed by atoms with van der Waals surface area (Å²) in [6.07, 6.45) is 1.97. The van der Waals surface area contributed by atoms with Crippen LogP contribution in [0.2, 0.25) is 10.0 Å².